The molecule has 0 saturated carbocycles. The Kier molecular flexibility index (Phi) is 10.4. The number of hydrogen-bond donors (Lipinski definition) is 7. The molecule has 0 aliphatic carbocycles. The molecule has 1 aromatic heterocycles. The van der Waals surface area contributed by atoms with Crippen LogP contribution >= 0.6 is 0 Å². The maximum Gasteiger partial charge on any atom is 0.322 e. The summed E-state index contributed by atoms with van der Waals surface area (Å²) in [5.74, 6) is -4.06. The number of nitrogens with one attached hydrogen (secondary N) is 4. The van der Waals surface area contributed by atoms with Gasteiger partial charge in [0.15, 0.2) is 0 Å². The number of imidazole rings is 1. The molecular weight excluding hydrogens is 458 g/mol. The predicted molar refractivity (Wildman–Crippen MR) is 123 cm³/mol. The molecule has 0 fully saturated rings. The largest absolute Gasteiger partial charge is 0.480 e. The molecule has 35 heavy (non-hydrogen) atoms. The van der Waals surface area contributed by atoms with E-state index in [1.807, 2.05) is 0 Å². The first kappa shape index (κ1) is 27.0. The normalized spacial score (nSPS) is 13.2. The summed E-state index contributed by atoms with van der Waals surface area (Å²) >= 11 is 0. The van der Waals surface area contributed by atoms with Gasteiger partial charge in [-0.1, -0.05) is 30.3 Å². The molecule has 4 amide bonds. The number of carbonyl (C=O) groups excluding carboxylic acids is 4. The summed E-state index contributed by atoms with van der Waals surface area (Å²) in [5, 5.41) is 16.1. The minimum absolute atomic E-state index is 0.0633. The highest BCUT2D eigenvalue weighted by Gasteiger charge is 2.29. The number of nitrogens with two attached hydrogens (primary N) is 2. The third kappa shape index (κ3) is 9.63. The first-order valence-corrected chi connectivity index (χ1v) is 10.8. The van der Waals surface area contributed by atoms with Crippen LogP contribution in [0.5, 0.6) is 0 Å². The average molecular weight is 488 g/mol. The number of H-pyrrole nitrogens is 1. The predicted octanol–water partition coefficient (Wildman–Crippen LogP) is -2.04. The van der Waals surface area contributed by atoms with Crippen LogP contribution in [0, 0.1) is 0 Å². The van der Waals surface area contributed by atoms with Crippen LogP contribution in [-0.4, -0.2) is 69.3 Å². The van der Waals surface area contributed by atoms with Crippen molar-refractivity contribution in [2.45, 2.75) is 43.8 Å². The number of carboxylic acid groups (broad SMARTS) is 1. The highest BCUT2D eigenvalue weighted by molar-refractivity contribution is 5.94. The van der Waals surface area contributed by atoms with Crippen LogP contribution in [0.2, 0.25) is 0 Å². The minimum Gasteiger partial charge on any atom is -0.480 e. The summed E-state index contributed by atoms with van der Waals surface area (Å²) in [5.41, 5.74) is 12.5. The third-order valence-corrected chi connectivity index (χ3v) is 4.97. The van der Waals surface area contributed by atoms with E-state index < -0.39 is 54.3 Å². The van der Waals surface area contributed by atoms with Crippen LogP contribution in [0.3, 0.4) is 0 Å². The second-order valence-electron chi connectivity index (χ2n) is 7.82. The zero-order chi connectivity index (χ0) is 25.8. The summed E-state index contributed by atoms with van der Waals surface area (Å²) in [4.78, 5) is 67.1. The van der Waals surface area contributed by atoms with Gasteiger partial charge in [0.1, 0.15) is 18.6 Å². The molecule has 3 atom stereocenters. The van der Waals surface area contributed by atoms with Crippen LogP contribution in [0.25, 0.3) is 0 Å². The fourth-order valence-corrected chi connectivity index (χ4v) is 3.18. The lowest BCUT2D eigenvalue weighted by molar-refractivity contribution is -0.138. The number of hydrogen-bond acceptors (Lipinski definition) is 7. The fourth-order valence-electron chi connectivity index (χ4n) is 3.18. The number of carbonyl (C=O) groups is 5. The molecule has 0 spiro atoms. The molecule has 1 heterocycles. The smallest absolute Gasteiger partial charge is 0.322 e. The number of nitrogens with zero attached hydrogens (tertiary/aromatic N) is 1. The Morgan fingerprint density at radius 1 is 0.971 bits per heavy atom. The Labute approximate surface area is 201 Å². The first-order chi connectivity index (χ1) is 16.7. The molecule has 188 valence electrons. The van der Waals surface area contributed by atoms with Gasteiger partial charge in [0.2, 0.25) is 23.6 Å². The van der Waals surface area contributed by atoms with Gasteiger partial charge in [-0.15, -0.1) is 0 Å². The van der Waals surface area contributed by atoms with Gasteiger partial charge in [-0.2, -0.15) is 0 Å². The van der Waals surface area contributed by atoms with Gasteiger partial charge in [0.25, 0.3) is 0 Å². The highest BCUT2D eigenvalue weighted by Crippen LogP contribution is 2.06. The quantitative estimate of drug-likeness (QED) is 0.157. The van der Waals surface area contributed by atoms with Gasteiger partial charge in [0.05, 0.1) is 12.4 Å². The van der Waals surface area contributed by atoms with E-state index >= 15 is 0 Å². The van der Waals surface area contributed by atoms with Crippen molar-refractivity contribution >= 4 is 29.6 Å². The van der Waals surface area contributed by atoms with Gasteiger partial charge in [-0.05, 0) is 12.0 Å². The van der Waals surface area contributed by atoms with Crippen molar-refractivity contribution in [2.24, 2.45) is 11.5 Å². The van der Waals surface area contributed by atoms with Gasteiger partial charge in [-0.3, -0.25) is 24.0 Å². The molecule has 0 bridgehead atoms. The molecular formula is C22H29N7O6. The molecule has 0 radical (unpaired) electrons. The molecule has 0 saturated heterocycles. The van der Waals surface area contributed by atoms with Gasteiger partial charge in [-0.25, -0.2) is 4.98 Å². The molecule has 13 heteroatoms. The first-order valence-electron chi connectivity index (χ1n) is 10.8. The van der Waals surface area contributed by atoms with Crippen molar-refractivity contribution in [1.29, 1.82) is 0 Å². The van der Waals surface area contributed by atoms with E-state index in [-0.39, 0.29) is 25.7 Å². The zero-order valence-corrected chi connectivity index (χ0v) is 18.9. The van der Waals surface area contributed by atoms with Crippen LogP contribution in [0.15, 0.2) is 42.9 Å². The van der Waals surface area contributed by atoms with Crippen LogP contribution in [-0.2, 0) is 36.8 Å². The molecule has 2 rings (SSSR count). The molecule has 13 nitrogen and oxygen atoms in total. The van der Waals surface area contributed by atoms with Gasteiger partial charge < -0.3 is 37.5 Å². The van der Waals surface area contributed by atoms with Crippen molar-refractivity contribution in [2.75, 3.05) is 6.54 Å². The van der Waals surface area contributed by atoms with Crippen molar-refractivity contribution in [3.8, 4) is 0 Å². The molecule has 2 aromatic rings. The maximum absolute atomic E-state index is 13.0. The second-order valence-corrected chi connectivity index (χ2v) is 7.82. The van der Waals surface area contributed by atoms with Gasteiger partial charge in [0, 0.05) is 31.2 Å². The minimum atomic E-state index is -1.25. The van der Waals surface area contributed by atoms with E-state index in [1.165, 1.54) is 12.5 Å². The zero-order valence-electron chi connectivity index (χ0n) is 18.9. The summed E-state index contributed by atoms with van der Waals surface area (Å²) in [6, 6.07) is 5.39. The van der Waals surface area contributed by atoms with E-state index in [2.05, 4.69) is 25.9 Å². The number of amides is 4. The van der Waals surface area contributed by atoms with Crippen LogP contribution in [0.4, 0.5) is 0 Å². The number of carboxylic acids is 1. The lowest BCUT2D eigenvalue weighted by Crippen LogP contribution is -2.56. The Bertz CT molecular complexity index is 1010. The monoisotopic (exact) mass is 487 g/mol. The number of aliphatic carboxylic acids is 1. The number of aromatic nitrogens is 2. The summed E-state index contributed by atoms with van der Waals surface area (Å²) in [6.45, 7) is -0.635. The van der Waals surface area contributed by atoms with E-state index in [9.17, 15) is 24.0 Å². The standard InChI is InChI=1S/C22H29N7O6/c23-15(9-14-10-25-12-27-14)20(33)28-16(6-7-18(24)30)22(35)29-17(21(34)26-11-19(31)32)8-13-4-2-1-3-5-13/h1-5,10,12,15-17H,6-9,11,23H2,(H2,24,30)(H,25,27)(H,26,34)(H,28,33)(H,29,35)(H,31,32). The number of aromatic amines is 1. The summed E-state index contributed by atoms with van der Waals surface area (Å²) in [7, 11) is 0. The molecule has 0 aliphatic rings. The summed E-state index contributed by atoms with van der Waals surface area (Å²) < 4.78 is 0. The number of primary amides is 1. The van der Waals surface area contributed by atoms with Crippen molar-refractivity contribution < 1.29 is 29.1 Å². The van der Waals surface area contributed by atoms with Crippen molar-refractivity contribution in [1.82, 2.24) is 25.9 Å². The van der Waals surface area contributed by atoms with E-state index in [4.69, 9.17) is 16.6 Å². The Hall–Kier alpha value is -4.26. The van der Waals surface area contributed by atoms with Crippen LogP contribution < -0.4 is 27.4 Å². The maximum atomic E-state index is 13.0. The Morgan fingerprint density at radius 3 is 2.26 bits per heavy atom. The van der Waals surface area contributed by atoms with E-state index in [0.29, 0.717) is 11.3 Å². The molecule has 1 aromatic carbocycles. The van der Waals surface area contributed by atoms with E-state index in [1.54, 1.807) is 30.3 Å². The van der Waals surface area contributed by atoms with Gasteiger partial charge >= 0.3 is 5.97 Å². The Morgan fingerprint density at radius 2 is 1.66 bits per heavy atom. The molecule has 9 N–H and O–H groups in total. The SMILES string of the molecule is NC(=O)CCC(NC(=O)C(N)Cc1cnc[nH]1)C(=O)NC(Cc1ccccc1)C(=O)NCC(=O)O. The van der Waals surface area contributed by atoms with E-state index in [0.717, 1.165) is 0 Å². The molecule has 3 unspecified atom stereocenters. The number of benzene rings is 1. The third-order valence-electron chi connectivity index (χ3n) is 4.97. The summed E-state index contributed by atoms with van der Waals surface area (Å²) in [6.07, 6.45) is 2.80. The lowest BCUT2D eigenvalue weighted by atomic mass is 10.0. The van der Waals surface area contributed by atoms with Crippen LogP contribution in [0.1, 0.15) is 24.1 Å². The van der Waals surface area contributed by atoms with Crippen molar-refractivity contribution in [3.05, 3.63) is 54.1 Å². The van der Waals surface area contributed by atoms with Crippen molar-refractivity contribution in [3.63, 3.8) is 0 Å². The molecule has 0 aliphatic heterocycles. The second kappa shape index (κ2) is 13.4. The topological polar surface area (TPSA) is 222 Å². The highest BCUT2D eigenvalue weighted by atomic mass is 16.4. The average Bonchev–Trinajstić information content (AvgIpc) is 3.33. The Balaban J connectivity index is 2.13. The lowest BCUT2D eigenvalue weighted by Gasteiger charge is -2.24. The fraction of sp³-hybridized carbons (Fsp3) is 0.364. The number of rotatable bonds is 14.